The van der Waals surface area contributed by atoms with Crippen molar-refractivity contribution in [2.75, 3.05) is 5.88 Å². The van der Waals surface area contributed by atoms with Crippen molar-refractivity contribution in [1.82, 2.24) is 0 Å². The summed E-state index contributed by atoms with van der Waals surface area (Å²) >= 11 is 1.68. The van der Waals surface area contributed by atoms with Gasteiger partial charge in [-0.05, 0) is 0 Å². The van der Waals surface area contributed by atoms with Crippen LogP contribution in [0.3, 0.4) is 0 Å². The molecule has 0 aromatic carbocycles. The smallest absolute Gasteiger partial charge is 0.316 e. The Morgan fingerprint density at radius 3 is 3.27 bits per heavy atom. The van der Waals surface area contributed by atoms with Gasteiger partial charge in [0.1, 0.15) is 5.92 Å². The first-order valence-electron chi connectivity index (χ1n) is 3.36. The van der Waals surface area contributed by atoms with E-state index in [1.54, 1.807) is 17.8 Å². The van der Waals surface area contributed by atoms with Gasteiger partial charge in [-0.25, -0.2) is 0 Å². The molecular weight excluding hydrogens is 162 g/mol. The van der Waals surface area contributed by atoms with E-state index in [4.69, 9.17) is 5.11 Å². The van der Waals surface area contributed by atoms with E-state index in [1.165, 1.54) is 0 Å². The molecule has 1 aliphatic heterocycles. The number of hydrogen-bond acceptors (Lipinski definition) is 3. The van der Waals surface area contributed by atoms with Gasteiger partial charge in [0.2, 0.25) is 0 Å². The molecule has 2 aliphatic rings. The molecule has 0 aromatic rings. The Morgan fingerprint density at radius 2 is 2.55 bits per heavy atom. The number of thioether (sulfide) groups is 1. The molecule has 0 radical (unpaired) electrons. The second-order valence-corrected chi connectivity index (χ2v) is 3.60. The van der Waals surface area contributed by atoms with Gasteiger partial charge < -0.3 is 5.11 Å². The highest BCUT2D eigenvalue weighted by Gasteiger charge is 2.34. The minimum Gasteiger partial charge on any atom is -0.481 e. The zero-order chi connectivity index (χ0) is 7.84. The Hall–Kier alpha value is -0.770. The molecule has 2 rings (SSSR count). The molecule has 58 valence electrons. The minimum absolute atomic E-state index is 0.246. The molecule has 1 N–H and O–H groups in total. The van der Waals surface area contributed by atoms with Crippen molar-refractivity contribution in [3.63, 3.8) is 0 Å². The average Bonchev–Trinajstić information content (AvgIpc) is 2.41. The van der Waals surface area contributed by atoms with Crippen molar-refractivity contribution in [2.24, 2.45) is 10.9 Å². The number of rotatable bonds is 1. The van der Waals surface area contributed by atoms with E-state index in [0.717, 1.165) is 5.71 Å². The fourth-order valence-electron chi connectivity index (χ4n) is 1.32. The molecule has 4 heteroatoms. The maximum absolute atomic E-state index is 10.6. The van der Waals surface area contributed by atoms with Crippen LogP contribution in [0.1, 0.15) is 0 Å². The molecule has 0 saturated heterocycles. The number of aliphatic imine (C=N–C) groups is 1. The zero-order valence-electron chi connectivity index (χ0n) is 5.73. The van der Waals surface area contributed by atoms with Gasteiger partial charge in [0.15, 0.2) is 0 Å². The van der Waals surface area contributed by atoms with Crippen LogP contribution in [0.4, 0.5) is 0 Å². The molecule has 0 aromatic heterocycles. The second kappa shape index (κ2) is 2.37. The SMILES string of the molecule is O=C(O)C1C=CC2SCN=C21. The summed E-state index contributed by atoms with van der Waals surface area (Å²) in [7, 11) is 0. The molecule has 0 amide bonds. The van der Waals surface area contributed by atoms with Crippen LogP contribution in [0.2, 0.25) is 0 Å². The van der Waals surface area contributed by atoms with E-state index in [1.807, 2.05) is 6.08 Å². The van der Waals surface area contributed by atoms with E-state index in [2.05, 4.69) is 4.99 Å². The summed E-state index contributed by atoms with van der Waals surface area (Å²) in [6, 6.07) is 0. The molecular formula is C7H7NO2S. The van der Waals surface area contributed by atoms with Crippen LogP contribution in [-0.2, 0) is 4.79 Å². The molecule has 2 unspecified atom stereocenters. The second-order valence-electron chi connectivity index (χ2n) is 2.50. The zero-order valence-corrected chi connectivity index (χ0v) is 6.54. The third kappa shape index (κ3) is 0.976. The number of aliphatic carboxylic acids is 1. The van der Waals surface area contributed by atoms with Gasteiger partial charge >= 0.3 is 5.97 Å². The Morgan fingerprint density at radius 1 is 1.73 bits per heavy atom. The van der Waals surface area contributed by atoms with E-state index in [-0.39, 0.29) is 5.25 Å². The first kappa shape index (κ1) is 6.91. The Labute approximate surface area is 68.2 Å². The molecule has 1 heterocycles. The molecule has 3 nitrogen and oxygen atoms in total. The third-order valence-electron chi connectivity index (χ3n) is 1.86. The molecule has 0 saturated carbocycles. The van der Waals surface area contributed by atoms with Crippen LogP contribution in [0.25, 0.3) is 0 Å². The van der Waals surface area contributed by atoms with Crippen molar-refractivity contribution < 1.29 is 9.90 Å². The number of fused-ring (bicyclic) bond motifs is 1. The maximum Gasteiger partial charge on any atom is 0.316 e. The van der Waals surface area contributed by atoms with E-state index < -0.39 is 11.9 Å². The Kier molecular flexibility index (Phi) is 1.49. The van der Waals surface area contributed by atoms with Gasteiger partial charge in [0, 0.05) is 5.71 Å². The lowest BCUT2D eigenvalue weighted by molar-refractivity contribution is -0.137. The quantitative estimate of drug-likeness (QED) is 0.590. The summed E-state index contributed by atoms with van der Waals surface area (Å²) in [4.78, 5) is 14.7. The van der Waals surface area contributed by atoms with Gasteiger partial charge in [0.05, 0.1) is 11.1 Å². The molecule has 2 atom stereocenters. The van der Waals surface area contributed by atoms with Crippen molar-refractivity contribution in [1.29, 1.82) is 0 Å². The van der Waals surface area contributed by atoms with Crippen molar-refractivity contribution >= 4 is 23.4 Å². The monoisotopic (exact) mass is 169 g/mol. The predicted octanol–water partition coefficient (Wildman–Crippen LogP) is 0.771. The standard InChI is InChI=1S/C7H7NO2S/c9-7(10)4-1-2-5-6(4)8-3-11-5/h1-2,4-5H,3H2,(H,9,10). The normalized spacial score (nSPS) is 33.6. The fraction of sp³-hybridized carbons (Fsp3) is 0.429. The minimum atomic E-state index is -0.787. The summed E-state index contributed by atoms with van der Waals surface area (Å²) in [6.07, 6.45) is 3.65. The van der Waals surface area contributed by atoms with Gasteiger partial charge in [0.25, 0.3) is 0 Å². The van der Waals surface area contributed by atoms with Gasteiger partial charge in [-0.15, -0.1) is 11.8 Å². The van der Waals surface area contributed by atoms with Crippen LogP contribution in [0.15, 0.2) is 17.1 Å². The Balaban J connectivity index is 2.26. The van der Waals surface area contributed by atoms with Gasteiger partial charge in [-0.1, -0.05) is 12.2 Å². The summed E-state index contributed by atoms with van der Waals surface area (Å²) in [6.45, 7) is 0. The summed E-state index contributed by atoms with van der Waals surface area (Å²) < 4.78 is 0. The molecule has 0 spiro atoms. The lowest BCUT2D eigenvalue weighted by atomic mass is 10.1. The predicted molar refractivity (Wildman–Crippen MR) is 43.9 cm³/mol. The topological polar surface area (TPSA) is 49.7 Å². The van der Waals surface area contributed by atoms with Crippen molar-refractivity contribution in [3.05, 3.63) is 12.2 Å². The van der Waals surface area contributed by atoms with Crippen LogP contribution >= 0.6 is 11.8 Å². The molecule has 1 aliphatic carbocycles. The van der Waals surface area contributed by atoms with Crippen molar-refractivity contribution in [2.45, 2.75) is 5.25 Å². The fourth-order valence-corrected chi connectivity index (χ4v) is 2.29. The van der Waals surface area contributed by atoms with Crippen LogP contribution in [0, 0.1) is 5.92 Å². The third-order valence-corrected chi connectivity index (χ3v) is 2.89. The highest BCUT2D eigenvalue weighted by atomic mass is 32.2. The van der Waals surface area contributed by atoms with Crippen molar-refractivity contribution in [3.8, 4) is 0 Å². The first-order valence-corrected chi connectivity index (χ1v) is 4.41. The number of nitrogens with zero attached hydrogens (tertiary/aromatic N) is 1. The maximum atomic E-state index is 10.6. The summed E-state index contributed by atoms with van der Waals surface area (Å²) in [5.41, 5.74) is 0.822. The first-order chi connectivity index (χ1) is 5.29. The highest BCUT2D eigenvalue weighted by molar-refractivity contribution is 8.01. The number of hydrogen-bond donors (Lipinski definition) is 1. The van der Waals surface area contributed by atoms with Crippen LogP contribution < -0.4 is 0 Å². The largest absolute Gasteiger partial charge is 0.481 e. The Bertz CT molecular complexity index is 259. The van der Waals surface area contributed by atoms with E-state index >= 15 is 0 Å². The van der Waals surface area contributed by atoms with E-state index in [0.29, 0.717) is 5.88 Å². The van der Waals surface area contributed by atoms with E-state index in [9.17, 15) is 4.79 Å². The number of carbonyl (C=O) groups is 1. The average molecular weight is 169 g/mol. The lowest BCUT2D eigenvalue weighted by Crippen LogP contribution is -2.21. The highest BCUT2D eigenvalue weighted by Crippen LogP contribution is 2.31. The van der Waals surface area contributed by atoms with Crippen LogP contribution in [-0.4, -0.2) is 27.9 Å². The molecule has 11 heavy (non-hydrogen) atoms. The number of carboxylic acids is 1. The molecule has 0 fully saturated rings. The van der Waals surface area contributed by atoms with Crippen LogP contribution in [0.5, 0.6) is 0 Å². The molecule has 0 bridgehead atoms. The van der Waals surface area contributed by atoms with Gasteiger partial charge in [-0.2, -0.15) is 0 Å². The summed E-state index contributed by atoms with van der Waals surface area (Å²) in [5, 5.41) is 8.97. The lowest BCUT2D eigenvalue weighted by Gasteiger charge is -2.03. The number of carboxylic acid groups (broad SMARTS) is 1. The summed E-state index contributed by atoms with van der Waals surface area (Å²) in [5.74, 6) is -0.520. The van der Waals surface area contributed by atoms with Gasteiger partial charge in [-0.3, -0.25) is 9.79 Å².